The van der Waals surface area contributed by atoms with Gasteiger partial charge in [0, 0.05) is 18.1 Å². The maximum Gasteiger partial charge on any atom is 0.416 e. The number of rotatable bonds is 6. The largest absolute Gasteiger partial charge is 0.416 e. The number of hydrogen-bond donors (Lipinski definition) is 2. The first kappa shape index (κ1) is 21.7. The lowest BCUT2D eigenvalue weighted by Crippen LogP contribution is -2.38. The average molecular weight is 443 g/mol. The molecule has 0 aromatic heterocycles. The van der Waals surface area contributed by atoms with Gasteiger partial charge in [-0.3, -0.25) is 35.9 Å². The van der Waals surface area contributed by atoms with Gasteiger partial charge in [-0.2, -0.15) is 13.2 Å². The van der Waals surface area contributed by atoms with Crippen molar-refractivity contribution < 1.29 is 27.8 Å². The van der Waals surface area contributed by atoms with Crippen LogP contribution in [-0.4, -0.2) is 20.6 Å². The highest BCUT2D eigenvalue weighted by Gasteiger charge is 2.38. The summed E-state index contributed by atoms with van der Waals surface area (Å²) >= 11 is 11.5. The molecule has 2 rings (SSSR count). The Morgan fingerprint density at radius 1 is 1.18 bits per heavy atom. The standard InChI is InChI=1S/C14H11Cl2F3N4O5/c15-12(16)7-2-1-3-8(7)13(24)21-20-11-9(22(25)26)4-6(14(17,18)19)5-10(11)23(27)28/h1-2,4-5,7-8,12,20H,3H2,(H,21,24)/t7-,8+/m1/s1. The van der Waals surface area contributed by atoms with E-state index in [1.165, 1.54) is 0 Å². The number of alkyl halides is 5. The van der Waals surface area contributed by atoms with Gasteiger partial charge in [-0.15, -0.1) is 23.2 Å². The van der Waals surface area contributed by atoms with E-state index in [1.807, 2.05) is 10.9 Å². The second kappa shape index (κ2) is 8.19. The topological polar surface area (TPSA) is 127 Å². The van der Waals surface area contributed by atoms with Gasteiger partial charge in [0.25, 0.3) is 0 Å². The highest BCUT2D eigenvalue weighted by Crippen LogP contribution is 2.41. The number of amides is 1. The molecule has 0 unspecified atom stereocenters. The SMILES string of the molecule is O=C(NNc1c([N+](=O)[O-])cc(C(F)(F)F)cc1[N+](=O)[O-])[C@H]1CC=C[C@H]1C(Cl)Cl. The van der Waals surface area contributed by atoms with E-state index in [0.717, 1.165) is 0 Å². The molecule has 1 amide bonds. The third kappa shape index (κ3) is 4.62. The van der Waals surface area contributed by atoms with Crippen LogP contribution in [0, 0.1) is 32.1 Å². The number of anilines is 1. The van der Waals surface area contributed by atoms with Gasteiger partial charge in [0.1, 0.15) is 4.84 Å². The van der Waals surface area contributed by atoms with E-state index in [1.54, 1.807) is 12.2 Å². The number of hydrogen-bond acceptors (Lipinski definition) is 6. The van der Waals surface area contributed by atoms with Crippen LogP contribution in [0.5, 0.6) is 0 Å². The molecule has 0 heterocycles. The highest BCUT2D eigenvalue weighted by atomic mass is 35.5. The molecular formula is C14H11Cl2F3N4O5. The number of nitro groups is 2. The summed E-state index contributed by atoms with van der Waals surface area (Å²) in [6.07, 6.45) is -1.57. The van der Waals surface area contributed by atoms with Crippen LogP contribution >= 0.6 is 23.2 Å². The van der Waals surface area contributed by atoms with Gasteiger partial charge in [0.2, 0.25) is 11.6 Å². The van der Waals surface area contributed by atoms with Crippen LogP contribution in [0.15, 0.2) is 24.3 Å². The number of carbonyl (C=O) groups is 1. The van der Waals surface area contributed by atoms with Crippen molar-refractivity contribution in [1.29, 1.82) is 0 Å². The number of benzene rings is 1. The molecule has 0 fully saturated rings. The van der Waals surface area contributed by atoms with Crippen LogP contribution < -0.4 is 10.9 Å². The van der Waals surface area contributed by atoms with Crippen molar-refractivity contribution in [3.8, 4) is 0 Å². The van der Waals surface area contributed by atoms with Crippen LogP contribution in [-0.2, 0) is 11.0 Å². The molecule has 0 saturated carbocycles. The maximum absolute atomic E-state index is 12.9. The number of hydrazine groups is 1. The first-order chi connectivity index (χ1) is 12.9. The lowest BCUT2D eigenvalue weighted by Gasteiger charge is -2.20. The zero-order valence-corrected chi connectivity index (χ0v) is 15.1. The normalized spacial score (nSPS) is 18.9. The molecule has 1 aromatic carbocycles. The molecule has 0 aliphatic heterocycles. The minimum Gasteiger partial charge on any atom is -0.286 e. The van der Waals surface area contributed by atoms with Gasteiger partial charge in [-0.25, -0.2) is 0 Å². The minimum atomic E-state index is -5.05. The number of nitro benzene ring substituents is 2. The summed E-state index contributed by atoms with van der Waals surface area (Å²) in [6, 6.07) is 0.268. The Hall–Kier alpha value is -2.60. The number of allylic oxidation sites excluding steroid dienone is 2. The van der Waals surface area contributed by atoms with Gasteiger partial charge in [0.15, 0.2) is 0 Å². The first-order valence-corrected chi connectivity index (χ1v) is 8.35. The summed E-state index contributed by atoms with van der Waals surface area (Å²) in [6.45, 7) is 0. The number of halogens is 5. The molecule has 0 bridgehead atoms. The summed E-state index contributed by atoms with van der Waals surface area (Å²) in [4.78, 5) is 31.2. The third-order valence-corrected chi connectivity index (χ3v) is 4.55. The molecule has 9 nitrogen and oxygen atoms in total. The van der Waals surface area contributed by atoms with Crippen LogP contribution in [0.1, 0.15) is 12.0 Å². The van der Waals surface area contributed by atoms with E-state index >= 15 is 0 Å². The Labute approximate surface area is 164 Å². The Balaban J connectivity index is 2.35. The molecule has 2 N–H and O–H groups in total. The van der Waals surface area contributed by atoms with Gasteiger partial charge in [-0.05, 0) is 6.42 Å². The molecule has 28 heavy (non-hydrogen) atoms. The van der Waals surface area contributed by atoms with Crippen molar-refractivity contribution in [3.63, 3.8) is 0 Å². The average Bonchev–Trinajstić information content (AvgIpc) is 3.07. The Morgan fingerprint density at radius 2 is 1.71 bits per heavy atom. The predicted octanol–water partition coefficient (Wildman–Crippen LogP) is 3.96. The fourth-order valence-electron chi connectivity index (χ4n) is 2.62. The zero-order chi connectivity index (χ0) is 21.2. The van der Waals surface area contributed by atoms with E-state index in [0.29, 0.717) is 0 Å². The summed E-state index contributed by atoms with van der Waals surface area (Å²) in [5.74, 6) is -2.08. The van der Waals surface area contributed by atoms with E-state index < -0.39 is 61.2 Å². The third-order valence-electron chi connectivity index (χ3n) is 3.97. The van der Waals surface area contributed by atoms with Crippen molar-refractivity contribution >= 4 is 46.2 Å². The molecule has 14 heteroatoms. The monoisotopic (exact) mass is 442 g/mol. The zero-order valence-electron chi connectivity index (χ0n) is 13.6. The highest BCUT2D eigenvalue weighted by molar-refractivity contribution is 6.44. The summed E-state index contributed by atoms with van der Waals surface area (Å²) in [7, 11) is 0. The van der Waals surface area contributed by atoms with Crippen molar-refractivity contribution in [2.24, 2.45) is 11.8 Å². The van der Waals surface area contributed by atoms with E-state index in [4.69, 9.17) is 23.2 Å². The lowest BCUT2D eigenvalue weighted by atomic mass is 9.96. The molecule has 1 aliphatic carbocycles. The van der Waals surface area contributed by atoms with Crippen molar-refractivity contribution in [2.45, 2.75) is 17.4 Å². The molecule has 0 spiro atoms. The molecule has 1 aliphatic rings. The smallest absolute Gasteiger partial charge is 0.286 e. The van der Waals surface area contributed by atoms with Crippen LogP contribution in [0.3, 0.4) is 0 Å². The molecular weight excluding hydrogens is 432 g/mol. The van der Waals surface area contributed by atoms with E-state index in [-0.39, 0.29) is 18.6 Å². The summed E-state index contributed by atoms with van der Waals surface area (Å²) in [5.41, 5.74) is -0.890. The molecule has 0 saturated heterocycles. The number of nitrogens with one attached hydrogen (secondary N) is 2. The van der Waals surface area contributed by atoms with Crippen molar-refractivity contribution in [2.75, 3.05) is 5.43 Å². The minimum absolute atomic E-state index is 0.134. The predicted molar refractivity (Wildman–Crippen MR) is 92.7 cm³/mol. The summed E-state index contributed by atoms with van der Waals surface area (Å²) < 4.78 is 38.6. The Bertz CT molecular complexity index is 812. The number of carbonyl (C=O) groups excluding carboxylic acids is 1. The van der Waals surface area contributed by atoms with E-state index in [9.17, 15) is 38.2 Å². The first-order valence-electron chi connectivity index (χ1n) is 7.48. The van der Waals surface area contributed by atoms with Gasteiger partial charge >= 0.3 is 17.6 Å². The Kier molecular flexibility index (Phi) is 6.34. The lowest BCUT2D eigenvalue weighted by molar-refractivity contribution is -0.392. The van der Waals surface area contributed by atoms with E-state index in [2.05, 4.69) is 0 Å². The van der Waals surface area contributed by atoms with Gasteiger partial charge < -0.3 is 0 Å². The number of nitrogens with zero attached hydrogens (tertiary/aromatic N) is 2. The quantitative estimate of drug-likeness (QED) is 0.297. The molecule has 1 aromatic rings. The molecule has 0 radical (unpaired) electrons. The maximum atomic E-state index is 12.9. The Morgan fingerprint density at radius 3 is 2.14 bits per heavy atom. The van der Waals surface area contributed by atoms with Gasteiger partial charge in [-0.1, -0.05) is 12.2 Å². The van der Waals surface area contributed by atoms with Crippen LogP contribution in [0.4, 0.5) is 30.2 Å². The molecule has 2 atom stereocenters. The van der Waals surface area contributed by atoms with Gasteiger partial charge in [0.05, 0.1) is 21.3 Å². The van der Waals surface area contributed by atoms with Crippen molar-refractivity contribution in [1.82, 2.24) is 5.43 Å². The fraction of sp³-hybridized carbons (Fsp3) is 0.357. The van der Waals surface area contributed by atoms with Crippen LogP contribution in [0.2, 0.25) is 0 Å². The second-order valence-electron chi connectivity index (χ2n) is 5.70. The summed E-state index contributed by atoms with van der Waals surface area (Å²) in [5, 5.41) is 22.3. The second-order valence-corrected chi connectivity index (χ2v) is 6.86. The van der Waals surface area contributed by atoms with Crippen molar-refractivity contribution in [3.05, 3.63) is 50.1 Å². The molecule has 152 valence electrons. The van der Waals surface area contributed by atoms with Crippen LogP contribution in [0.25, 0.3) is 0 Å². The fourth-order valence-corrected chi connectivity index (χ4v) is 3.14.